The Morgan fingerprint density at radius 1 is 0.774 bits per heavy atom. The van der Waals surface area contributed by atoms with Crippen molar-refractivity contribution in [1.82, 2.24) is 0 Å². The molecular weight excluding hydrogens is 388 g/mol. The fourth-order valence-electron chi connectivity index (χ4n) is 2.73. The Bertz CT molecular complexity index is 851. The van der Waals surface area contributed by atoms with Gasteiger partial charge in [0.2, 0.25) is 5.78 Å². The average molecular weight is 425 g/mol. The fraction of sp³-hybridized carbons (Fsp3) is 0.444. The van der Waals surface area contributed by atoms with Crippen LogP contribution in [0, 0.1) is 17.8 Å². The molecule has 0 amide bonds. The second-order valence-electron chi connectivity index (χ2n) is 9.00. The topological polar surface area (TPSA) is 44.8 Å². The number of para-hydroxylation sites is 1. The molecule has 31 heavy (non-hydrogen) atoms. The van der Waals surface area contributed by atoms with Gasteiger partial charge in [0, 0.05) is 0 Å². The number of rotatable bonds is 12. The molecule has 0 atom stereocenters. The lowest BCUT2D eigenvalue weighted by Crippen LogP contribution is -2.15. The molecule has 0 aromatic heterocycles. The predicted octanol–water partition coefficient (Wildman–Crippen LogP) is 6.65. The van der Waals surface area contributed by atoms with Gasteiger partial charge in [0.15, 0.2) is 17.3 Å². The van der Waals surface area contributed by atoms with Crippen molar-refractivity contribution in [2.24, 2.45) is 17.8 Å². The predicted molar refractivity (Wildman–Crippen MR) is 127 cm³/mol. The third-order valence-electron chi connectivity index (χ3n) is 4.25. The van der Waals surface area contributed by atoms with Gasteiger partial charge in [-0.2, -0.15) is 0 Å². The summed E-state index contributed by atoms with van der Waals surface area (Å²) in [5.74, 6) is 2.13. The highest BCUT2D eigenvalue weighted by molar-refractivity contribution is 6.12. The lowest BCUT2D eigenvalue weighted by Gasteiger charge is -2.19. The zero-order valence-corrected chi connectivity index (χ0v) is 19.7. The molecule has 0 spiro atoms. The number of hydrogen-bond donors (Lipinski definition) is 0. The van der Waals surface area contributed by atoms with Crippen LogP contribution < -0.4 is 9.47 Å². The minimum Gasteiger partial charge on any atom is -0.489 e. The molecule has 0 aliphatic carbocycles. The van der Waals surface area contributed by atoms with Crippen molar-refractivity contribution in [1.29, 1.82) is 0 Å². The lowest BCUT2D eigenvalue weighted by molar-refractivity contribution is 0.0894. The van der Waals surface area contributed by atoms with Gasteiger partial charge in [-0.25, -0.2) is 0 Å². The fourth-order valence-corrected chi connectivity index (χ4v) is 2.73. The number of ether oxygens (including phenoxy) is 3. The summed E-state index contributed by atoms with van der Waals surface area (Å²) in [6.45, 7) is 13.9. The van der Waals surface area contributed by atoms with Crippen LogP contribution in [0.2, 0.25) is 0 Å². The third kappa shape index (κ3) is 8.12. The third-order valence-corrected chi connectivity index (χ3v) is 4.25. The van der Waals surface area contributed by atoms with Gasteiger partial charge in [0.1, 0.15) is 0 Å². The van der Waals surface area contributed by atoms with Crippen molar-refractivity contribution in [3.8, 4) is 11.5 Å². The monoisotopic (exact) mass is 424 g/mol. The van der Waals surface area contributed by atoms with Gasteiger partial charge >= 0.3 is 0 Å². The van der Waals surface area contributed by atoms with Gasteiger partial charge in [0.05, 0.1) is 25.4 Å². The van der Waals surface area contributed by atoms with Gasteiger partial charge in [-0.05, 0) is 41.5 Å². The highest BCUT2D eigenvalue weighted by atomic mass is 16.5. The van der Waals surface area contributed by atoms with E-state index in [1.807, 2.05) is 42.5 Å². The molecule has 0 heterocycles. The molecule has 0 aliphatic heterocycles. The van der Waals surface area contributed by atoms with Gasteiger partial charge < -0.3 is 14.2 Å². The average Bonchev–Trinajstić information content (AvgIpc) is 2.73. The molecule has 0 saturated heterocycles. The van der Waals surface area contributed by atoms with Crippen LogP contribution >= 0.6 is 0 Å². The van der Waals surface area contributed by atoms with Gasteiger partial charge in [0.25, 0.3) is 0 Å². The molecule has 0 saturated carbocycles. The summed E-state index contributed by atoms with van der Waals surface area (Å²) in [5.41, 5.74) is 1.36. The van der Waals surface area contributed by atoms with Crippen LogP contribution in [0.3, 0.4) is 0 Å². The van der Waals surface area contributed by atoms with Crippen molar-refractivity contribution in [2.75, 3.05) is 19.8 Å². The van der Waals surface area contributed by atoms with Crippen LogP contribution in [-0.4, -0.2) is 25.6 Å². The maximum atomic E-state index is 13.6. The Labute approximate surface area is 187 Å². The Hall–Kier alpha value is -2.75. The summed E-state index contributed by atoms with van der Waals surface area (Å²) >= 11 is 0. The van der Waals surface area contributed by atoms with E-state index in [0.717, 1.165) is 5.56 Å². The number of allylic oxidation sites excluding steroid dienone is 1. The van der Waals surface area contributed by atoms with Crippen molar-refractivity contribution in [2.45, 2.75) is 41.5 Å². The smallest absolute Gasteiger partial charge is 0.231 e. The van der Waals surface area contributed by atoms with E-state index in [2.05, 4.69) is 41.5 Å². The summed E-state index contributed by atoms with van der Waals surface area (Å²) < 4.78 is 18.0. The summed E-state index contributed by atoms with van der Waals surface area (Å²) in [6.07, 6.45) is 1.79. The van der Waals surface area contributed by atoms with E-state index in [4.69, 9.17) is 14.2 Å². The number of hydrogen-bond acceptors (Lipinski definition) is 4. The quantitative estimate of drug-likeness (QED) is 0.217. The van der Waals surface area contributed by atoms with Crippen LogP contribution in [0.4, 0.5) is 0 Å². The molecule has 0 unspecified atom stereocenters. The SMILES string of the molecule is CC(C)COC(=Cc1ccccc1)C(=O)c1cccc(OCC(C)C)c1OCC(C)C. The summed E-state index contributed by atoms with van der Waals surface area (Å²) in [4.78, 5) is 13.6. The number of ketones is 1. The van der Waals surface area contributed by atoms with E-state index in [1.54, 1.807) is 12.1 Å². The van der Waals surface area contributed by atoms with Gasteiger partial charge in [-0.3, -0.25) is 4.79 Å². The maximum absolute atomic E-state index is 13.6. The standard InChI is InChI=1S/C27H36O4/c1-19(2)16-29-24-14-10-13-23(27(24)31-18-21(5)6)26(28)25(30-17-20(3)4)15-22-11-8-7-9-12-22/h7-15,19-21H,16-18H2,1-6H3. The minimum atomic E-state index is -0.210. The van der Waals surface area contributed by atoms with E-state index < -0.39 is 0 Å². The van der Waals surface area contributed by atoms with Crippen molar-refractivity contribution < 1.29 is 19.0 Å². The first-order valence-corrected chi connectivity index (χ1v) is 11.1. The highest BCUT2D eigenvalue weighted by Crippen LogP contribution is 2.34. The van der Waals surface area contributed by atoms with Crippen molar-refractivity contribution in [3.63, 3.8) is 0 Å². The molecule has 168 valence electrons. The first-order chi connectivity index (χ1) is 14.8. The Morgan fingerprint density at radius 3 is 2.00 bits per heavy atom. The molecule has 2 rings (SSSR count). The van der Waals surface area contributed by atoms with Gasteiger partial charge in [-0.15, -0.1) is 0 Å². The van der Waals surface area contributed by atoms with Crippen LogP contribution in [0.25, 0.3) is 6.08 Å². The number of Topliss-reactive ketones (excluding diaryl/α,β-unsaturated/α-hetero) is 1. The molecule has 4 heteroatoms. The van der Waals surface area contributed by atoms with Crippen LogP contribution in [0.5, 0.6) is 11.5 Å². The zero-order valence-electron chi connectivity index (χ0n) is 19.7. The Morgan fingerprint density at radius 2 is 1.39 bits per heavy atom. The molecule has 0 radical (unpaired) electrons. The molecule has 0 aliphatic rings. The zero-order chi connectivity index (χ0) is 22.8. The molecule has 0 bridgehead atoms. The van der Waals surface area contributed by atoms with E-state index in [1.165, 1.54) is 0 Å². The van der Waals surface area contributed by atoms with Crippen molar-refractivity contribution in [3.05, 3.63) is 65.4 Å². The molecular formula is C27H36O4. The van der Waals surface area contributed by atoms with Crippen molar-refractivity contribution >= 4 is 11.9 Å². The van der Waals surface area contributed by atoms with Crippen LogP contribution in [0.15, 0.2) is 54.3 Å². The van der Waals surface area contributed by atoms with Crippen LogP contribution in [-0.2, 0) is 4.74 Å². The molecule has 0 N–H and O–H groups in total. The second-order valence-corrected chi connectivity index (χ2v) is 9.00. The molecule has 2 aromatic carbocycles. The maximum Gasteiger partial charge on any atom is 0.231 e. The first-order valence-electron chi connectivity index (χ1n) is 11.1. The Balaban J connectivity index is 2.46. The molecule has 0 fully saturated rings. The second kappa shape index (κ2) is 12.2. The van der Waals surface area contributed by atoms with E-state index >= 15 is 0 Å². The summed E-state index contributed by atoms with van der Waals surface area (Å²) in [5, 5.41) is 0. The number of carbonyl (C=O) groups is 1. The van der Waals surface area contributed by atoms with E-state index in [-0.39, 0.29) is 5.78 Å². The largest absolute Gasteiger partial charge is 0.489 e. The normalized spacial score (nSPS) is 11.8. The Kier molecular flexibility index (Phi) is 9.64. The van der Waals surface area contributed by atoms with E-state index in [0.29, 0.717) is 60.4 Å². The molecule has 2 aromatic rings. The van der Waals surface area contributed by atoms with Gasteiger partial charge in [-0.1, -0.05) is 77.9 Å². The lowest BCUT2D eigenvalue weighted by atomic mass is 10.0. The highest BCUT2D eigenvalue weighted by Gasteiger charge is 2.23. The number of benzene rings is 2. The minimum absolute atomic E-state index is 0.210. The van der Waals surface area contributed by atoms with Crippen LogP contribution in [0.1, 0.15) is 57.5 Å². The van der Waals surface area contributed by atoms with E-state index in [9.17, 15) is 4.79 Å². The summed E-state index contributed by atoms with van der Waals surface area (Å²) in [6, 6.07) is 15.2. The molecule has 4 nitrogen and oxygen atoms in total. The summed E-state index contributed by atoms with van der Waals surface area (Å²) in [7, 11) is 0. The number of carbonyl (C=O) groups excluding carboxylic acids is 1. The first kappa shape index (κ1) is 24.5.